The summed E-state index contributed by atoms with van der Waals surface area (Å²) in [6, 6.07) is 2.57. The molecule has 4 nitrogen and oxygen atoms in total. The van der Waals surface area contributed by atoms with E-state index in [1.54, 1.807) is 0 Å². The van der Waals surface area contributed by atoms with Gasteiger partial charge in [0.2, 0.25) is 5.91 Å². The van der Waals surface area contributed by atoms with Crippen molar-refractivity contribution in [3.63, 3.8) is 0 Å². The number of fused-ring (bicyclic) bond motifs is 3. The molecule has 5 heteroatoms. The highest BCUT2D eigenvalue weighted by Gasteiger charge is 2.38. The highest BCUT2D eigenvalue weighted by atomic mass is 35.5. The van der Waals surface area contributed by atoms with Crippen molar-refractivity contribution in [1.29, 1.82) is 0 Å². The molecule has 0 aromatic carbocycles. The third kappa shape index (κ3) is 3.76. The third-order valence-electron chi connectivity index (χ3n) is 7.02. The number of nitrogens with zero attached hydrogens (tertiary/aromatic N) is 2. The summed E-state index contributed by atoms with van der Waals surface area (Å²) in [7, 11) is 2.18. The lowest BCUT2D eigenvalue weighted by atomic mass is 9.78. The summed E-state index contributed by atoms with van der Waals surface area (Å²) in [5.41, 5.74) is 0. The third-order valence-corrected chi connectivity index (χ3v) is 7.02. The van der Waals surface area contributed by atoms with Gasteiger partial charge in [0.05, 0.1) is 6.54 Å². The minimum atomic E-state index is 0. The van der Waals surface area contributed by atoms with E-state index in [4.69, 9.17) is 0 Å². The van der Waals surface area contributed by atoms with E-state index in [0.717, 1.165) is 12.5 Å². The van der Waals surface area contributed by atoms with Crippen LogP contribution >= 0.6 is 12.4 Å². The van der Waals surface area contributed by atoms with Crippen LogP contribution in [0.25, 0.3) is 0 Å². The van der Waals surface area contributed by atoms with E-state index in [-0.39, 0.29) is 12.4 Å². The normalized spacial score (nSPS) is 38.6. The van der Waals surface area contributed by atoms with Crippen molar-refractivity contribution in [1.82, 2.24) is 15.1 Å². The van der Waals surface area contributed by atoms with Crippen molar-refractivity contribution >= 4 is 18.3 Å². The lowest BCUT2D eigenvalue weighted by Crippen LogP contribution is -2.54. The molecule has 0 radical (unpaired) electrons. The van der Waals surface area contributed by atoms with Gasteiger partial charge in [0.1, 0.15) is 0 Å². The van der Waals surface area contributed by atoms with Crippen LogP contribution in [-0.2, 0) is 4.79 Å². The van der Waals surface area contributed by atoms with E-state index < -0.39 is 0 Å². The summed E-state index contributed by atoms with van der Waals surface area (Å²) in [5, 5.41) is 3.71. The van der Waals surface area contributed by atoms with Gasteiger partial charge >= 0.3 is 0 Å². The van der Waals surface area contributed by atoms with Crippen LogP contribution in [0.4, 0.5) is 0 Å². The van der Waals surface area contributed by atoms with E-state index >= 15 is 0 Å². The van der Waals surface area contributed by atoms with Gasteiger partial charge in [-0.05, 0) is 64.3 Å². The Morgan fingerprint density at radius 1 is 1.04 bits per heavy atom. The van der Waals surface area contributed by atoms with Gasteiger partial charge in [-0.25, -0.2) is 0 Å². The first kappa shape index (κ1) is 18.5. The molecule has 4 rings (SSSR count). The average molecular weight is 356 g/mol. The molecule has 4 unspecified atom stereocenters. The fourth-order valence-electron chi connectivity index (χ4n) is 5.75. The standard InChI is InChI=1S/C19H33N3O.ClH/c1-21(17-11-15-8-9-16(12-17)20-15)13-19(23)22-10-4-6-14-5-2-3-7-18(14)22;/h14-18,20H,2-13H2,1H3;1H. The Hall–Kier alpha value is -0.320. The predicted octanol–water partition coefficient (Wildman–Crippen LogP) is 2.80. The Balaban J connectivity index is 0.00000169. The maximum absolute atomic E-state index is 13.0. The molecular weight excluding hydrogens is 322 g/mol. The number of rotatable bonds is 3. The first-order chi connectivity index (χ1) is 11.2. The molecule has 4 fully saturated rings. The molecule has 1 saturated carbocycles. The van der Waals surface area contributed by atoms with Gasteiger partial charge in [-0.3, -0.25) is 9.69 Å². The van der Waals surface area contributed by atoms with Gasteiger partial charge in [0.25, 0.3) is 0 Å². The van der Waals surface area contributed by atoms with Crippen molar-refractivity contribution in [3.8, 4) is 0 Å². The Labute approximate surface area is 153 Å². The lowest BCUT2D eigenvalue weighted by Gasteiger charge is -2.45. The number of hydrogen-bond donors (Lipinski definition) is 1. The quantitative estimate of drug-likeness (QED) is 0.845. The van der Waals surface area contributed by atoms with Crippen molar-refractivity contribution in [2.75, 3.05) is 20.1 Å². The zero-order valence-electron chi connectivity index (χ0n) is 15.1. The number of carbonyl (C=O) groups excluding carboxylic acids is 1. The number of likely N-dealkylation sites (tertiary alicyclic amines) is 1. The average Bonchev–Trinajstić information content (AvgIpc) is 2.92. The Morgan fingerprint density at radius 3 is 2.46 bits per heavy atom. The summed E-state index contributed by atoms with van der Waals surface area (Å²) in [6.45, 7) is 1.64. The Kier molecular flexibility index (Phi) is 6.10. The van der Waals surface area contributed by atoms with Gasteiger partial charge in [-0.2, -0.15) is 0 Å². The molecule has 2 bridgehead atoms. The molecule has 0 aromatic rings. The molecule has 4 aliphatic rings. The second-order valence-corrected chi connectivity index (χ2v) is 8.52. The first-order valence-electron chi connectivity index (χ1n) is 9.96. The van der Waals surface area contributed by atoms with Crippen LogP contribution < -0.4 is 5.32 Å². The van der Waals surface area contributed by atoms with Gasteiger partial charge in [0, 0.05) is 30.7 Å². The number of nitrogens with one attached hydrogen (secondary N) is 1. The second-order valence-electron chi connectivity index (χ2n) is 8.52. The molecular formula is C19H34ClN3O. The number of hydrogen-bond acceptors (Lipinski definition) is 3. The van der Waals surface area contributed by atoms with Gasteiger partial charge in [-0.1, -0.05) is 12.8 Å². The van der Waals surface area contributed by atoms with Crippen LogP contribution in [0.1, 0.15) is 64.2 Å². The molecule has 0 spiro atoms. The molecule has 4 atom stereocenters. The Bertz CT molecular complexity index is 432. The number of halogens is 1. The second kappa shape index (κ2) is 7.92. The number of piperidine rings is 2. The van der Waals surface area contributed by atoms with E-state index in [0.29, 0.717) is 36.6 Å². The van der Waals surface area contributed by atoms with E-state index in [2.05, 4.69) is 22.2 Å². The van der Waals surface area contributed by atoms with Crippen LogP contribution in [0.3, 0.4) is 0 Å². The van der Waals surface area contributed by atoms with E-state index in [9.17, 15) is 4.79 Å². The van der Waals surface area contributed by atoms with Gasteiger partial charge in [-0.15, -0.1) is 12.4 Å². The minimum absolute atomic E-state index is 0. The number of likely N-dealkylation sites (N-methyl/N-ethyl adjacent to an activating group) is 1. The smallest absolute Gasteiger partial charge is 0.237 e. The fraction of sp³-hybridized carbons (Fsp3) is 0.947. The molecule has 0 aromatic heterocycles. The molecule has 1 aliphatic carbocycles. The van der Waals surface area contributed by atoms with Crippen LogP contribution in [0.2, 0.25) is 0 Å². The van der Waals surface area contributed by atoms with Crippen LogP contribution in [-0.4, -0.2) is 60.0 Å². The summed E-state index contributed by atoms with van der Waals surface area (Å²) in [5.74, 6) is 1.19. The lowest BCUT2D eigenvalue weighted by molar-refractivity contribution is -0.139. The topological polar surface area (TPSA) is 35.6 Å². The summed E-state index contributed by atoms with van der Waals surface area (Å²) >= 11 is 0. The molecule has 1 amide bonds. The maximum atomic E-state index is 13.0. The van der Waals surface area contributed by atoms with Gasteiger partial charge in [0.15, 0.2) is 0 Å². The van der Waals surface area contributed by atoms with Crippen molar-refractivity contribution in [2.24, 2.45) is 5.92 Å². The summed E-state index contributed by atoms with van der Waals surface area (Å²) in [4.78, 5) is 17.6. The van der Waals surface area contributed by atoms with Crippen LogP contribution in [0, 0.1) is 5.92 Å². The zero-order chi connectivity index (χ0) is 15.8. The molecule has 24 heavy (non-hydrogen) atoms. The molecule has 1 N–H and O–H groups in total. The van der Waals surface area contributed by atoms with Crippen molar-refractivity contribution in [2.45, 2.75) is 88.4 Å². The molecule has 3 aliphatic heterocycles. The maximum Gasteiger partial charge on any atom is 0.237 e. The highest BCUT2D eigenvalue weighted by Crippen LogP contribution is 2.35. The SMILES string of the molecule is CN(CC(=O)N1CCCC2CCCCC21)C1CC2CCC(C1)N2.Cl. The Morgan fingerprint density at radius 2 is 1.71 bits per heavy atom. The zero-order valence-corrected chi connectivity index (χ0v) is 15.9. The fourth-order valence-corrected chi connectivity index (χ4v) is 5.75. The van der Waals surface area contributed by atoms with Crippen LogP contribution in [0.5, 0.6) is 0 Å². The molecule has 3 saturated heterocycles. The summed E-state index contributed by atoms with van der Waals surface area (Å²) < 4.78 is 0. The monoisotopic (exact) mass is 355 g/mol. The molecule has 3 heterocycles. The summed E-state index contributed by atoms with van der Waals surface area (Å²) in [6.07, 6.45) is 13.0. The highest BCUT2D eigenvalue weighted by molar-refractivity contribution is 5.85. The van der Waals surface area contributed by atoms with Crippen molar-refractivity contribution in [3.05, 3.63) is 0 Å². The number of carbonyl (C=O) groups is 1. The largest absolute Gasteiger partial charge is 0.338 e. The minimum Gasteiger partial charge on any atom is -0.338 e. The number of amides is 1. The van der Waals surface area contributed by atoms with E-state index in [1.807, 2.05) is 0 Å². The van der Waals surface area contributed by atoms with Gasteiger partial charge < -0.3 is 10.2 Å². The van der Waals surface area contributed by atoms with Crippen LogP contribution in [0.15, 0.2) is 0 Å². The first-order valence-corrected chi connectivity index (χ1v) is 9.96. The molecule has 138 valence electrons. The predicted molar refractivity (Wildman–Crippen MR) is 99.5 cm³/mol. The van der Waals surface area contributed by atoms with E-state index in [1.165, 1.54) is 64.2 Å². The van der Waals surface area contributed by atoms with Crippen molar-refractivity contribution < 1.29 is 4.79 Å².